The molecule has 0 aliphatic heterocycles. The Balaban J connectivity index is 1.86. The molecule has 0 N–H and O–H groups in total. The quantitative estimate of drug-likeness (QED) is 0.573. The third-order valence-corrected chi connectivity index (χ3v) is 5.27. The number of aryl methyl sites for hydroxylation is 1. The molecule has 0 fully saturated rings. The lowest BCUT2D eigenvalue weighted by atomic mass is 9.79. The number of hydrogen-bond donors (Lipinski definition) is 0. The Hall–Kier alpha value is -3.17. The van der Waals surface area contributed by atoms with Crippen LogP contribution in [0.3, 0.4) is 0 Å². The Bertz CT molecular complexity index is 1170. The standard InChI is InChI=1S/C23H23ClN4O2/c1-16-5-4-6-18(13-16)23(2,3)14-20(29)15-28-22(30)27(12-11-25)21(26-28)17-7-9-19(24)10-8-17/h4-10,13H,12,14-15H2,1-3H3. The summed E-state index contributed by atoms with van der Waals surface area (Å²) in [6.07, 6.45) is 0.268. The maximum Gasteiger partial charge on any atom is 0.347 e. The molecule has 3 rings (SSSR count). The molecule has 0 radical (unpaired) electrons. The second-order valence-electron chi connectivity index (χ2n) is 7.98. The van der Waals surface area contributed by atoms with Crippen LogP contribution in [0.5, 0.6) is 0 Å². The smallest absolute Gasteiger partial charge is 0.298 e. The molecule has 1 heterocycles. The van der Waals surface area contributed by atoms with Crippen molar-refractivity contribution in [1.82, 2.24) is 14.3 Å². The third kappa shape index (κ3) is 4.69. The van der Waals surface area contributed by atoms with Crippen LogP contribution >= 0.6 is 11.6 Å². The second kappa shape index (κ2) is 8.68. The minimum atomic E-state index is -0.483. The predicted octanol–water partition coefficient (Wildman–Crippen LogP) is 4.13. The van der Waals surface area contributed by atoms with Crippen LogP contribution in [0.2, 0.25) is 5.02 Å². The van der Waals surface area contributed by atoms with Crippen molar-refractivity contribution in [2.24, 2.45) is 0 Å². The Labute approximate surface area is 180 Å². The summed E-state index contributed by atoms with van der Waals surface area (Å²) in [7, 11) is 0. The summed E-state index contributed by atoms with van der Waals surface area (Å²) >= 11 is 5.94. The highest BCUT2D eigenvalue weighted by atomic mass is 35.5. The zero-order chi connectivity index (χ0) is 21.9. The largest absolute Gasteiger partial charge is 0.347 e. The molecule has 3 aromatic rings. The van der Waals surface area contributed by atoms with Crippen LogP contribution in [-0.4, -0.2) is 20.1 Å². The number of nitrogens with zero attached hydrogens (tertiary/aromatic N) is 4. The number of carbonyl (C=O) groups is 1. The Kier molecular flexibility index (Phi) is 6.23. The maximum atomic E-state index is 12.8. The second-order valence-corrected chi connectivity index (χ2v) is 8.42. The van der Waals surface area contributed by atoms with Gasteiger partial charge >= 0.3 is 5.69 Å². The monoisotopic (exact) mass is 422 g/mol. The molecule has 0 atom stereocenters. The fraction of sp³-hybridized carbons (Fsp3) is 0.304. The SMILES string of the molecule is Cc1cccc(C(C)(C)CC(=O)Cn2nc(-c3ccc(Cl)cc3)n(CC#N)c2=O)c1. The minimum Gasteiger partial charge on any atom is -0.298 e. The molecule has 0 spiro atoms. The zero-order valence-electron chi connectivity index (χ0n) is 17.2. The van der Waals surface area contributed by atoms with Crippen molar-refractivity contribution < 1.29 is 4.79 Å². The van der Waals surface area contributed by atoms with Crippen LogP contribution in [0, 0.1) is 18.3 Å². The van der Waals surface area contributed by atoms with Crippen molar-refractivity contribution in [3.05, 3.63) is 75.2 Å². The molecule has 154 valence electrons. The molecule has 2 aromatic carbocycles. The van der Waals surface area contributed by atoms with E-state index in [0.717, 1.165) is 15.8 Å². The van der Waals surface area contributed by atoms with Gasteiger partial charge in [0.1, 0.15) is 13.1 Å². The van der Waals surface area contributed by atoms with E-state index in [1.54, 1.807) is 24.3 Å². The van der Waals surface area contributed by atoms with Crippen molar-refractivity contribution in [3.8, 4) is 17.5 Å². The van der Waals surface area contributed by atoms with Crippen molar-refractivity contribution in [3.63, 3.8) is 0 Å². The molecule has 0 aliphatic carbocycles. The lowest BCUT2D eigenvalue weighted by Gasteiger charge is -2.24. The average Bonchev–Trinajstić information content (AvgIpc) is 2.98. The lowest BCUT2D eigenvalue weighted by Crippen LogP contribution is -2.30. The molecule has 0 amide bonds. The van der Waals surface area contributed by atoms with Crippen molar-refractivity contribution in [1.29, 1.82) is 5.26 Å². The third-order valence-electron chi connectivity index (χ3n) is 5.02. The molecule has 7 heteroatoms. The molecular formula is C23H23ClN4O2. The number of halogens is 1. The van der Waals surface area contributed by atoms with E-state index >= 15 is 0 Å². The lowest BCUT2D eigenvalue weighted by molar-refractivity contribution is -0.120. The summed E-state index contributed by atoms with van der Waals surface area (Å²) in [4.78, 5) is 25.6. The molecule has 0 aliphatic rings. The number of nitriles is 1. The van der Waals surface area contributed by atoms with Crippen LogP contribution in [0.4, 0.5) is 0 Å². The normalized spacial score (nSPS) is 11.3. The van der Waals surface area contributed by atoms with Gasteiger partial charge in [-0.3, -0.25) is 9.36 Å². The van der Waals surface area contributed by atoms with Gasteiger partial charge in [-0.05, 0) is 42.2 Å². The number of aromatic nitrogens is 3. The maximum absolute atomic E-state index is 12.8. The van der Waals surface area contributed by atoms with Gasteiger partial charge in [0.05, 0.1) is 6.07 Å². The zero-order valence-corrected chi connectivity index (χ0v) is 18.0. The van der Waals surface area contributed by atoms with Crippen LogP contribution in [0.1, 0.15) is 31.4 Å². The summed E-state index contributed by atoms with van der Waals surface area (Å²) in [5, 5.41) is 14.0. The number of rotatable bonds is 7. The molecule has 0 bridgehead atoms. The van der Waals surface area contributed by atoms with Crippen LogP contribution in [0.25, 0.3) is 11.4 Å². The summed E-state index contributed by atoms with van der Waals surface area (Å²) < 4.78 is 2.40. The van der Waals surface area contributed by atoms with Crippen LogP contribution < -0.4 is 5.69 Å². The molecule has 0 saturated carbocycles. The highest BCUT2D eigenvalue weighted by molar-refractivity contribution is 6.30. The van der Waals surface area contributed by atoms with E-state index in [4.69, 9.17) is 16.9 Å². The van der Waals surface area contributed by atoms with E-state index < -0.39 is 5.69 Å². The van der Waals surface area contributed by atoms with Gasteiger partial charge in [0.15, 0.2) is 11.6 Å². The summed E-state index contributed by atoms with van der Waals surface area (Å²) in [6.45, 7) is 5.74. The molecule has 30 heavy (non-hydrogen) atoms. The van der Waals surface area contributed by atoms with Gasteiger partial charge in [-0.25, -0.2) is 9.48 Å². The fourth-order valence-electron chi connectivity index (χ4n) is 3.45. The Morgan fingerprint density at radius 3 is 2.53 bits per heavy atom. The van der Waals surface area contributed by atoms with Crippen LogP contribution in [0.15, 0.2) is 53.3 Å². The number of benzene rings is 2. The van der Waals surface area contributed by atoms with Gasteiger partial charge in [0, 0.05) is 17.0 Å². The van der Waals surface area contributed by atoms with E-state index in [1.807, 2.05) is 45.0 Å². The highest BCUT2D eigenvalue weighted by Crippen LogP contribution is 2.28. The fourth-order valence-corrected chi connectivity index (χ4v) is 3.58. The van der Waals surface area contributed by atoms with Gasteiger partial charge in [-0.1, -0.05) is 55.3 Å². The predicted molar refractivity (Wildman–Crippen MR) is 116 cm³/mol. The Morgan fingerprint density at radius 2 is 1.90 bits per heavy atom. The molecule has 6 nitrogen and oxygen atoms in total. The highest BCUT2D eigenvalue weighted by Gasteiger charge is 2.25. The number of Topliss-reactive ketones (excluding diaryl/α,β-unsaturated/α-hetero) is 1. The van der Waals surface area contributed by atoms with Gasteiger partial charge in [0.2, 0.25) is 0 Å². The first-order valence-electron chi connectivity index (χ1n) is 9.60. The topological polar surface area (TPSA) is 80.7 Å². The number of ketones is 1. The van der Waals surface area contributed by atoms with Gasteiger partial charge in [0.25, 0.3) is 0 Å². The number of carbonyl (C=O) groups excluding carboxylic acids is 1. The number of hydrogen-bond acceptors (Lipinski definition) is 4. The van der Waals surface area contributed by atoms with Crippen molar-refractivity contribution in [2.45, 2.75) is 45.7 Å². The van der Waals surface area contributed by atoms with Gasteiger partial charge < -0.3 is 0 Å². The molecule has 0 saturated heterocycles. The van der Waals surface area contributed by atoms with E-state index in [-0.39, 0.29) is 30.7 Å². The molecule has 1 aromatic heterocycles. The first-order valence-corrected chi connectivity index (χ1v) is 9.98. The summed E-state index contributed by atoms with van der Waals surface area (Å²) in [5.74, 6) is 0.233. The minimum absolute atomic E-state index is 0.104. The van der Waals surface area contributed by atoms with E-state index in [0.29, 0.717) is 16.4 Å². The first kappa shape index (κ1) is 21.5. The van der Waals surface area contributed by atoms with E-state index in [9.17, 15) is 9.59 Å². The van der Waals surface area contributed by atoms with Crippen molar-refractivity contribution >= 4 is 17.4 Å². The Morgan fingerprint density at radius 1 is 1.20 bits per heavy atom. The summed E-state index contributed by atoms with van der Waals surface area (Å²) in [5.41, 5.74) is 1.99. The first-order chi connectivity index (χ1) is 14.2. The molecule has 0 unspecified atom stereocenters. The van der Waals surface area contributed by atoms with E-state index in [2.05, 4.69) is 11.2 Å². The van der Waals surface area contributed by atoms with Crippen LogP contribution in [-0.2, 0) is 23.3 Å². The van der Waals surface area contributed by atoms with Gasteiger partial charge in [-0.2, -0.15) is 5.26 Å². The van der Waals surface area contributed by atoms with E-state index in [1.165, 1.54) is 4.57 Å². The molecular weight excluding hydrogens is 400 g/mol. The van der Waals surface area contributed by atoms with Crippen molar-refractivity contribution in [2.75, 3.05) is 0 Å². The summed E-state index contributed by atoms with van der Waals surface area (Å²) in [6, 6.07) is 16.9. The average molecular weight is 423 g/mol. The van der Waals surface area contributed by atoms with Gasteiger partial charge in [-0.15, -0.1) is 5.10 Å².